The monoisotopic (exact) mass is 394 g/mol. The Kier molecular flexibility index (Phi) is 6.49. The molecular formula is C22H26N4O3. The number of carbonyl (C=O) groups is 2. The van der Waals surface area contributed by atoms with Crippen molar-refractivity contribution in [3.63, 3.8) is 0 Å². The number of para-hydroxylation sites is 1. The maximum absolute atomic E-state index is 12.7. The molecule has 1 heterocycles. The van der Waals surface area contributed by atoms with Crippen LogP contribution < -0.4 is 20.8 Å². The Hall–Kier alpha value is -3.35. The number of hydrazone groups is 1. The number of carbonyl (C=O) groups excluding carboxylic acids is 2. The molecule has 2 atom stereocenters. The summed E-state index contributed by atoms with van der Waals surface area (Å²) in [5.41, 5.74) is 7.74. The van der Waals surface area contributed by atoms with E-state index in [1.165, 1.54) is 10.6 Å². The lowest BCUT2D eigenvalue weighted by atomic mass is 10.1. The minimum atomic E-state index is -0.659. The van der Waals surface area contributed by atoms with Gasteiger partial charge in [-0.25, -0.2) is 0 Å². The van der Waals surface area contributed by atoms with Crippen molar-refractivity contribution in [1.82, 2.24) is 5.32 Å². The van der Waals surface area contributed by atoms with Crippen molar-refractivity contribution < 1.29 is 14.3 Å². The summed E-state index contributed by atoms with van der Waals surface area (Å²) in [6.07, 6.45) is 1.81. The van der Waals surface area contributed by atoms with E-state index in [1.807, 2.05) is 61.5 Å². The van der Waals surface area contributed by atoms with Crippen molar-refractivity contribution in [2.75, 3.05) is 12.1 Å². The van der Waals surface area contributed by atoms with Gasteiger partial charge < -0.3 is 15.8 Å². The largest absolute Gasteiger partial charge is 0.497 e. The summed E-state index contributed by atoms with van der Waals surface area (Å²) in [4.78, 5) is 24.5. The molecule has 152 valence electrons. The van der Waals surface area contributed by atoms with Crippen LogP contribution in [0.4, 0.5) is 5.69 Å². The molecule has 0 radical (unpaired) electrons. The highest BCUT2D eigenvalue weighted by molar-refractivity contribution is 6.40. The molecule has 0 bridgehead atoms. The van der Waals surface area contributed by atoms with Crippen molar-refractivity contribution in [2.45, 2.75) is 38.3 Å². The molecule has 0 aromatic heterocycles. The summed E-state index contributed by atoms with van der Waals surface area (Å²) in [7, 11) is 1.64. The molecule has 7 heteroatoms. The zero-order valence-electron chi connectivity index (χ0n) is 16.7. The van der Waals surface area contributed by atoms with Crippen LogP contribution in [0, 0.1) is 0 Å². The zero-order chi connectivity index (χ0) is 20.8. The number of anilines is 1. The van der Waals surface area contributed by atoms with Crippen LogP contribution in [-0.4, -0.2) is 36.7 Å². The molecule has 0 saturated heterocycles. The van der Waals surface area contributed by atoms with Crippen LogP contribution in [0.5, 0.6) is 5.75 Å². The van der Waals surface area contributed by atoms with Crippen LogP contribution in [0.1, 0.15) is 25.3 Å². The molecule has 0 spiro atoms. The van der Waals surface area contributed by atoms with E-state index < -0.39 is 11.9 Å². The van der Waals surface area contributed by atoms with E-state index in [0.29, 0.717) is 5.71 Å². The number of hydrogen-bond acceptors (Lipinski definition) is 5. The van der Waals surface area contributed by atoms with Gasteiger partial charge in [0.2, 0.25) is 5.91 Å². The maximum Gasteiger partial charge on any atom is 0.267 e. The first-order chi connectivity index (χ1) is 14.0. The van der Waals surface area contributed by atoms with E-state index in [4.69, 9.17) is 10.5 Å². The summed E-state index contributed by atoms with van der Waals surface area (Å²) in [5, 5.41) is 8.87. The van der Waals surface area contributed by atoms with Gasteiger partial charge >= 0.3 is 0 Å². The molecule has 2 aromatic carbocycles. The van der Waals surface area contributed by atoms with Crippen LogP contribution in [0.15, 0.2) is 59.7 Å². The van der Waals surface area contributed by atoms with E-state index in [9.17, 15) is 9.59 Å². The van der Waals surface area contributed by atoms with Gasteiger partial charge in [-0.2, -0.15) is 5.10 Å². The molecule has 2 aromatic rings. The van der Waals surface area contributed by atoms with Crippen LogP contribution in [-0.2, 0) is 16.0 Å². The normalized spacial score (nSPS) is 16.8. The Balaban J connectivity index is 1.59. The fourth-order valence-electron chi connectivity index (χ4n) is 3.24. The lowest BCUT2D eigenvalue weighted by molar-refractivity contribution is -0.119. The van der Waals surface area contributed by atoms with Gasteiger partial charge in [-0.05, 0) is 49.6 Å². The van der Waals surface area contributed by atoms with Crippen molar-refractivity contribution in [3.8, 4) is 5.75 Å². The second-order valence-electron chi connectivity index (χ2n) is 7.11. The summed E-state index contributed by atoms with van der Waals surface area (Å²) in [6.45, 7) is 1.96. The average Bonchev–Trinajstić information content (AvgIpc) is 3.19. The van der Waals surface area contributed by atoms with Gasteiger partial charge in [0.05, 0.1) is 12.8 Å². The Morgan fingerprint density at radius 3 is 2.52 bits per heavy atom. The third kappa shape index (κ3) is 5.13. The number of primary amides is 1. The number of nitrogens with one attached hydrogen (secondary N) is 1. The Morgan fingerprint density at radius 1 is 1.21 bits per heavy atom. The number of nitrogens with zero attached hydrogens (tertiary/aromatic N) is 2. The molecule has 3 N–H and O–H groups in total. The van der Waals surface area contributed by atoms with Gasteiger partial charge in [0, 0.05) is 12.5 Å². The van der Waals surface area contributed by atoms with Gasteiger partial charge in [-0.15, -0.1) is 0 Å². The lowest BCUT2D eigenvalue weighted by Gasteiger charge is -2.20. The lowest BCUT2D eigenvalue weighted by Crippen LogP contribution is -2.40. The standard InChI is InChI=1S/C22H26N4O3/c1-15(8-9-16-10-12-18(29-2)13-11-16)24-22(28)19-14-20(21(23)27)26(25-19)17-6-4-3-5-7-17/h3-7,10-13,15,20H,8-9,14H2,1-2H3,(H2,23,27)(H,24,28). The van der Waals surface area contributed by atoms with Gasteiger partial charge in [0.25, 0.3) is 5.91 Å². The van der Waals surface area contributed by atoms with Crippen LogP contribution >= 0.6 is 0 Å². The van der Waals surface area contributed by atoms with E-state index in [0.717, 1.165) is 24.3 Å². The molecule has 0 saturated carbocycles. The maximum atomic E-state index is 12.7. The summed E-state index contributed by atoms with van der Waals surface area (Å²) in [5.74, 6) is 0.0474. The van der Waals surface area contributed by atoms with Gasteiger partial charge in [0.1, 0.15) is 17.5 Å². The summed E-state index contributed by atoms with van der Waals surface area (Å²) < 4.78 is 5.16. The number of hydrogen-bond donors (Lipinski definition) is 2. The van der Waals surface area contributed by atoms with Crippen LogP contribution in [0.2, 0.25) is 0 Å². The minimum Gasteiger partial charge on any atom is -0.497 e. The predicted molar refractivity (Wildman–Crippen MR) is 113 cm³/mol. The van der Waals surface area contributed by atoms with Gasteiger partial charge in [-0.3, -0.25) is 14.6 Å². The molecule has 3 rings (SSSR count). The SMILES string of the molecule is COc1ccc(CCC(C)NC(=O)C2=NN(c3ccccc3)C(C(N)=O)C2)cc1. The highest BCUT2D eigenvalue weighted by Gasteiger charge is 2.35. The Bertz CT molecular complexity index is 881. The topological polar surface area (TPSA) is 97.0 Å². The molecule has 2 unspecified atom stereocenters. The summed E-state index contributed by atoms with van der Waals surface area (Å²) in [6, 6.07) is 16.4. The number of benzene rings is 2. The molecule has 0 aliphatic carbocycles. The van der Waals surface area contributed by atoms with E-state index in [2.05, 4.69) is 10.4 Å². The molecule has 1 aliphatic heterocycles. The molecular weight excluding hydrogens is 368 g/mol. The van der Waals surface area contributed by atoms with Crippen molar-refractivity contribution in [2.24, 2.45) is 10.8 Å². The predicted octanol–water partition coefficient (Wildman–Crippen LogP) is 2.25. The van der Waals surface area contributed by atoms with E-state index in [-0.39, 0.29) is 18.4 Å². The fourth-order valence-corrected chi connectivity index (χ4v) is 3.24. The highest BCUT2D eigenvalue weighted by Crippen LogP contribution is 2.24. The first-order valence-electron chi connectivity index (χ1n) is 9.63. The molecule has 2 amide bonds. The van der Waals surface area contributed by atoms with Crippen LogP contribution in [0.3, 0.4) is 0 Å². The van der Waals surface area contributed by atoms with Gasteiger partial charge in [-0.1, -0.05) is 30.3 Å². The molecule has 7 nitrogen and oxygen atoms in total. The van der Waals surface area contributed by atoms with E-state index >= 15 is 0 Å². The van der Waals surface area contributed by atoms with Crippen molar-refractivity contribution in [1.29, 1.82) is 0 Å². The van der Waals surface area contributed by atoms with Crippen molar-refractivity contribution in [3.05, 3.63) is 60.2 Å². The zero-order valence-corrected chi connectivity index (χ0v) is 16.7. The number of nitrogens with two attached hydrogens (primary N) is 1. The quantitative estimate of drug-likeness (QED) is 0.718. The Labute approximate surface area is 170 Å². The first kappa shape index (κ1) is 20.4. The smallest absolute Gasteiger partial charge is 0.267 e. The third-order valence-corrected chi connectivity index (χ3v) is 4.92. The summed E-state index contributed by atoms with van der Waals surface area (Å²) >= 11 is 0. The molecule has 1 aliphatic rings. The first-order valence-corrected chi connectivity index (χ1v) is 9.63. The number of aryl methyl sites for hydroxylation is 1. The number of methoxy groups -OCH3 is 1. The second kappa shape index (κ2) is 9.23. The number of ether oxygens (including phenoxy) is 1. The highest BCUT2D eigenvalue weighted by atomic mass is 16.5. The Morgan fingerprint density at radius 2 is 1.90 bits per heavy atom. The minimum absolute atomic E-state index is 0.0369. The van der Waals surface area contributed by atoms with E-state index in [1.54, 1.807) is 7.11 Å². The van der Waals surface area contributed by atoms with Crippen molar-refractivity contribution >= 4 is 23.2 Å². The third-order valence-electron chi connectivity index (χ3n) is 4.92. The van der Waals surface area contributed by atoms with Gasteiger partial charge in [0.15, 0.2) is 0 Å². The number of amides is 2. The number of rotatable bonds is 8. The van der Waals surface area contributed by atoms with Crippen LogP contribution in [0.25, 0.3) is 0 Å². The fraction of sp³-hybridized carbons (Fsp3) is 0.318. The second-order valence-corrected chi connectivity index (χ2v) is 7.11. The average molecular weight is 394 g/mol. The molecule has 0 fully saturated rings. The molecule has 29 heavy (non-hydrogen) atoms.